The Balaban J connectivity index is 1.88. The molecule has 3 atom stereocenters. The zero-order valence-electron chi connectivity index (χ0n) is 9.69. The number of hydrogen-bond donors (Lipinski definition) is 1. The van der Waals surface area contributed by atoms with Gasteiger partial charge in [-0.1, -0.05) is 31.4 Å². The molecule has 3 aliphatic carbocycles. The Morgan fingerprint density at radius 3 is 2.38 bits per heavy atom. The zero-order valence-corrected chi connectivity index (χ0v) is 9.69. The lowest BCUT2D eigenvalue weighted by atomic mass is 9.62. The first kappa shape index (κ1) is 10.4. The summed E-state index contributed by atoms with van der Waals surface area (Å²) in [4.78, 5) is 11.7. The molecule has 2 nitrogen and oxygen atoms in total. The Hall–Kier alpha value is -0.790. The number of rotatable bonds is 2. The monoisotopic (exact) mass is 220 g/mol. The van der Waals surface area contributed by atoms with Crippen molar-refractivity contribution in [2.45, 2.75) is 44.9 Å². The molecule has 0 aromatic rings. The Labute approximate surface area is 96.7 Å². The molecule has 3 unspecified atom stereocenters. The van der Waals surface area contributed by atoms with Gasteiger partial charge in [0.05, 0.1) is 5.41 Å². The molecule has 2 fully saturated rings. The molecule has 0 saturated heterocycles. The molecule has 3 aliphatic rings. The molecule has 0 aromatic carbocycles. The van der Waals surface area contributed by atoms with E-state index in [0.717, 1.165) is 32.1 Å². The van der Waals surface area contributed by atoms with Crippen LogP contribution in [0.25, 0.3) is 0 Å². The van der Waals surface area contributed by atoms with Gasteiger partial charge in [-0.15, -0.1) is 0 Å². The lowest BCUT2D eigenvalue weighted by Gasteiger charge is -2.41. The fourth-order valence-corrected chi connectivity index (χ4v) is 4.34. The molecule has 1 N–H and O–H groups in total. The van der Waals surface area contributed by atoms with Gasteiger partial charge in [0, 0.05) is 0 Å². The Bertz CT molecular complexity index is 326. The van der Waals surface area contributed by atoms with E-state index in [2.05, 4.69) is 12.2 Å². The summed E-state index contributed by atoms with van der Waals surface area (Å²) in [6.45, 7) is 0. The second kappa shape index (κ2) is 3.61. The summed E-state index contributed by atoms with van der Waals surface area (Å²) in [6.07, 6.45) is 12.2. The van der Waals surface area contributed by atoms with Crippen LogP contribution in [0.15, 0.2) is 12.2 Å². The number of hydrogen-bond acceptors (Lipinski definition) is 1. The lowest BCUT2D eigenvalue weighted by Crippen LogP contribution is -2.42. The third-order valence-corrected chi connectivity index (χ3v) is 5.16. The van der Waals surface area contributed by atoms with Gasteiger partial charge in [-0.2, -0.15) is 0 Å². The molecule has 2 bridgehead atoms. The van der Waals surface area contributed by atoms with Crippen molar-refractivity contribution in [2.24, 2.45) is 23.2 Å². The van der Waals surface area contributed by atoms with Gasteiger partial charge in [0.25, 0.3) is 0 Å². The van der Waals surface area contributed by atoms with Crippen molar-refractivity contribution in [3.63, 3.8) is 0 Å². The fourth-order valence-electron chi connectivity index (χ4n) is 4.34. The maximum atomic E-state index is 11.7. The van der Waals surface area contributed by atoms with Crippen molar-refractivity contribution < 1.29 is 9.90 Å². The first-order valence-corrected chi connectivity index (χ1v) is 6.64. The van der Waals surface area contributed by atoms with Crippen molar-refractivity contribution in [1.29, 1.82) is 0 Å². The van der Waals surface area contributed by atoms with E-state index in [1.54, 1.807) is 0 Å². The maximum Gasteiger partial charge on any atom is 0.309 e. The van der Waals surface area contributed by atoms with Crippen LogP contribution in [0.5, 0.6) is 0 Å². The molecule has 0 spiro atoms. The smallest absolute Gasteiger partial charge is 0.309 e. The largest absolute Gasteiger partial charge is 0.481 e. The molecule has 0 heterocycles. The van der Waals surface area contributed by atoms with Gasteiger partial charge < -0.3 is 5.11 Å². The van der Waals surface area contributed by atoms with E-state index >= 15 is 0 Å². The molecule has 0 amide bonds. The molecule has 16 heavy (non-hydrogen) atoms. The van der Waals surface area contributed by atoms with Crippen LogP contribution >= 0.6 is 0 Å². The maximum absolute atomic E-state index is 11.7. The van der Waals surface area contributed by atoms with Crippen LogP contribution in [0.4, 0.5) is 0 Å². The van der Waals surface area contributed by atoms with Crippen LogP contribution in [0, 0.1) is 23.2 Å². The number of allylic oxidation sites excluding steroid dienone is 2. The van der Waals surface area contributed by atoms with Crippen LogP contribution in [-0.4, -0.2) is 11.1 Å². The van der Waals surface area contributed by atoms with Crippen molar-refractivity contribution in [2.75, 3.05) is 0 Å². The minimum Gasteiger partial charge on any atom is -0.481 e. The first-order chi connectivity index (χ1) is 7.72. The van der Waals surface area contributed by atoms with E-state index in [1.807, 2.05) is 0 Å². The standard InChI is InChI=1S/C14H20O2/c15-13(16)14(6-2-1-3-7-14)12-9-10-4-5-11(12)8-10/h4-5,10-12H,1-3,6-9H2,(H,15,16). The van der Waals surface area contributed by atoms with Gasteiger partial charge in [0.15, 0.2) is 0 Å². The Kier molecular flexibility index (Phi) is 2.34. The molecule has 88 valence electrons. The van der Waals surface area contributed by atoms with Crippen molar-refractivity contribution >= 4 is 5.97 Å². The number of fused-ring (bicyclic) bond motifs is 2. The third-order valence-electron chi connectivity index (χ3n) is 5.16. The van der Waals surface area contributed by atoms with Gasteiger partial charge in [0.1, 0.15) is 0 Å². The number of carboxylic acids is 1. The number of carboxylic acid groups (broad SMARTS) is 1. The highest BCUT2D eigenvalue weighted by atomic mass is 16.4. The highest BCUT2D eigenvalue weighted by molar-refractivity contribution is 5.75. The summed E-state index contributed by atoms with van der Waals surface area (Å²) in [5.41, 5.74) is -0.373. The zero-order chi connectivity index (χ0) is 11.2. The predicted molar refractivity (Wildman–Crippen MR) is 62.0 cm³/mol. The van der Waals surface area contributed by atoms with Crippen LogP contribution in [0.2, 0.25) is 0 Å². The molecule has 2 saturated carbocycles. The fraction of sp³-hybridized carbons (Fsp3) is 0.786. The Morgan fingerprint density at radius 2 is 1.88 bits per heavy atom. The topological polar surface area (TPSA) is 37.3 Å². The van der Waals surface area contributed by atoms with E-state index in [-0.39, 0.29) is 5.41 Å². The normalized spacial score (nSPS) is 40.1. The number of aliphatic carboxylic acids is 1. The van der Waals surface area contributed by atoms with E-state index in [4.69, 9.17) is 0 Å². The molecule has 0 aromatic heterocycles. The molecule has 3 rings (SSSR count). The van der Waals surface area contributed by atoms with Crippen molar-refractivity contribution in [3.05, 3.63) is 12.2 Å². The van der Waals surface area contributed by atoms with Crippen molar-refractivity contribution in [1.82, 2.24) is 0 Å². The average molecular weight is 220 g/mol. The highest BCUT2D eigenvalue weighted by Crippen LogP contribution is 2.56. The van der Waals surface area contributed by atoms with Crippen molar-refractivity contribution in [3.8, 4) is 0 Å². The Morgan fingerprint density at radius 1 is 1.12 bits per heavy atom. The predicted octanol–water partition coefficient (Wildman–Crippen LogP) is 3.23. The van der Waals surface area contributed by atoms with Gasteiger partial charge in [-0.25, -0.2) is 0 Å². The van der Waals surface area contributed by atoms with E-state index in [0.29, 0.717) is 17.8 Å². The van der Waals surface area contributed by atoms with Crippen LogP contribution in [0.3, 0.4) is 0 Å². The van der Waals surface area contributed by atoms with Crippen LogP contribution < -0.4 is 0 Å². The summed E-state index contributed by atoms with van der Waals surface area (Å²) in [7, 11) is 0. The van der Waals surface area contributed by atoms with E-state index < -0.39 is 5.97 Å². The molecular formula is C14H20O2. The molecule has 2 heteroatoms. The SMILES string of the molecule is O=C(O)C1(C2CC3C=CC2C3)CCCCC1. The minimum atomic E-state index is -0.516. The quantitative estimate of drug-likeness (QED) is 0.725. The molecule has 0 aliphatic heterocycles. The second-order valence-corrected chi connectivity index (χ2v) is 5.91. The highest BCUT2D eigenvalue weighted by Gasteiger charge is 2.53. The summed E-state index contributed by atoms with van der Waals surface area (Å²) in [5.74, 6) is 1.17. The first-order valence-electron chi connectivity index (χ1n) is 6.64. The second-order valence-electron chi connectivity index (χ2n) is 5.91. The van der Waals surface area contributed by atoms with Gasteiger partial charge in [-0.3, -0.25) is 4.79 Å². The summed E-state index contributed by atoms with van der Waals surface area (Å²) in [6, 6.07) is 0. The van der Waals surface area contributed by atoms with Gasteiger partial charge >= 0.3 is 5.97 Å². The minimum absolute atomic E-state index is 0.373. The van der Waals surface area contributed by atoms with E-state index in [1.165, 1.54) is 12.8 Å². The summed E-state index contributed by atoms with van der Waals surface area (Å²) < 4.78 is 0. The summed E-state index contributed by atoms with van der Waals surface area (Å²) >= 11 is 0. The average Bonchev–Trinajstić information content (AvgIpc) is 2.91. The number of carbonyl (C=O) groups is 1. The van der Waals surface area contributed by atoms with Crippen LogP contribution in [0.1, 0.15) is 44.9 Å². The lowest BCUT2D eigenvalue weighted by molar-refractivity contribution is -0.156. The van der Waals surface area contributed by atoms with Gasteiger partial charge in [0.2, 0.25) is 0 Å². The summed E-state index contributed by atoms with van der Waals surface area (Å²) in [5, 5.41) is 9.65. The van der Waals surface area contributed by atoms with Gasteiger partial charge in [-0.05, 0) is 43.4 Å². The molecule has 0 radical (unpaired) electrons. The molecular weight excluding hydrogens is 200 g/mol. The van der Waals surface area contributed by atoms with Crippen LogP contribution in [-0.2, 0) is 4.79 Å². The third kappa shape index (κ3) is 1.35. The van der Waals surface area contributed by atoms with E-state index in [9.17, 15) is 9.90 Å².